The fourth-order valence-electron chi connectivity index (χ4n) is 8.52. The van der Waals surface area contributed by atoms with Crippen LogP contribution >= 0.6 is 34.5 Å². The predicted molar refractivity (Wildman–Crippen MR) is 243 cm³/mol. The SMILES string of the molecule is CNc1cncc(COc2cc(O[C@H]3CCc4c(-c5cccc(-c6ccc7sc(CNC[C@@H]8CCC(=O)N8)nc7c6)c5Cl)cccc43)c(Cl)cc2CNC[C@@H]2CCC(=O)N2)c1. The molecule has 9 rings (SSSR count). The highest BCUT2D eigenvalue weighted by atomic mass is 35.5. The van der Waals surface area contributed by atoms with Crippen molar-refractivity contribution in [2.24, 2.45) is 0 Å². The van der Waals surface area contributed by atoms with Crippen molar-refractivity contribution in [2.45, 2.75) is 76.4 Å². The summed E-state index contributed by atoms with van der Waals surface area (Å²) in [6.45, 7) is 2.85. The first-order valence-electron chi connectivity index (χ1n) is 20.8. The van der Waals surface area contributed by atoms with E-state index in [-0.39, 0.29) is 30.0 Å². The lowest BCUT2D eigenvalue weighted by molar-refractivity contribution is -0.120. The molecule has 11 nitrogen and oxygen atoms in total. The van der Waals surface area contributed by atoms with Crippen LogP contribution in [0.1, 0.15) is 65.5 Å². The number of nitrogens with one attached hydrogen (secondary N) is 5. The summed E-state index contributed by atoms with van der Waals surface area (Å²) in [5.41, 5.74) is 9.98. The maximum Gasteiger partial charge on any atom is 0.220 e. The summed E-state index contributed by atoms with van der Waals surface area (Å²) in [6, 6.07) is 25.0. The van der Waals surface area contributed by atoms with E-state index in [1.165, 1.54) is 5.56 Å². The van der Waals surface area contributed by atoms with E-state index in [4.69, 9.17) is 37.7 Å². The zero-order chi connectivity index (χ0) is 41.9. The summed E-state index contributed by atoms with van der Waals surface area (Å²) in [6.07, 6.45) is 7.77. The van der Waals surface area contributed by atoms with Crippen molar-refractivity contribution in [2.75, 3.05) is 25.5 Å². The highest BCUT2D eigenvalue weighted by Crippen LogP contribution is 2.45. The molecule has 14 heteroatoms. The molecule has 2 aliphatic heterocycles. The minimum absolute atomic E-state index is 0.0907. The van der Waals surface area contributed by atoms with Gasteiger partial charge in [-0.05, 0) is 72.2 Å². The van der Waals surface area contributed by atoms with Gasteiger partial charge in [0.25, 0.3) is 0 Å². The zero-order valence-electron chi connectivity index (χ0n) is 33.8. The van der Waals surface area contributed by atoms with Gasteiger partial charge in [-0.3, -0.25) is 14.6 Å². The highest BCUT2D eigenvalue weighted by Gasteiger charge is 2.29. The third kappa shape index (κ3) is 9.34. The number of carbonyl (C=O) groups excluding carboxylic acids is 2. The molecule has 6 aromatic rings. The Kier molecular flexibility index (Phi) is 12.4. The zero-order valence-corrected chi connectivity index (χ0v) is 36.1. The molecule has 0 spiro atoms. The Bertz CT molecular complexity index is 2600. The van der Waals surface area contributed by atoms with E-state index >= 15 is 0 Å². The molecule has 0 bridgehead atoms. The summed E-state index contributed by atoms with van der Waals surface area (Å²) in [7, 11) is 1.86. The van der Waals surface area contributed by atoms with Gasteiger partial charge in [0.05, 0.1) is 25.9 Å². The average molecular weight is 877 g/mol. The van der Waals surface area contributed by atoms with Gasteiger partial charge < -0.3 is 36.1 Å². The lowest BCUT2D eigenvalue weighted by Crippen LogP contribution is -2.35. The Morgan fingerprint density at radius 3 is 2.33 bits per heavy atom. The van der Waals surface area contributed by atoms with Crippen molar-refractivity contribution in [1.82, 2.24) is 31.2 Å². The van der Waals surface area contributed by atoms with Crippen LogP contribution in [0.4, 0.5) is 5.69 Å². The minimum Gasteiger partial charge on any atom is -0.488 e. The van der Waals surface area contributed by atoms with Crippen LogP contribution in [0.3, 0.4) is 0 Å². The molecule has 0 unspecified atom stereocenters. The standard InChI is InChI=1S/C47H47Cl2N7O4S/c1-50-32-16-27(20-51-24-32)26-59-41-19-42(38(48)17-29(41)21-52-22-30-9-14-44(57)54-30)60-40-12-11-35-34(5-3-6-36(35)40)37-7-2-4-33(47(37)49)28-8-13-43-39(18-28)56-46(61-43)25-53-23-31-10-15-45(58)55-31/h2-8,13,16-20,24,30-31,40,50,52-53H,9-12,14-15,21-23,25-26H2,1H3,(H,54,57)(H,55,58)/t30-,31-,40-/m0/s1. The Morgan fingerprint density at radius 2 is 1.56 bits per heavy atom. The van der Waals surface area contributed by atoms with Crippen LogP contribution in [0, 0.1) is 0 Å². The van der Waals surface area contributed by atoms with E-state index in [1.807, 2.05) is 25.2 Å². The van der Waals surface area contributed by atoms with Gasteiger partial charge >= 0.3 is 0 Å². The summed E-state index contributed by atoms with van der Waals surface area (Å²) in [4.78, 5) is 32.6. The van der Waals surface area contributed by atoms with Gasteiger partial charge in [0.2, 0.25) is 11.8 Å². The molecule has 1 aliphatic carbocycles. The first-order chi connectivity index (χ1) is 29.8. The number of amides is 2. The van der Waals surface area contributed by atoms with Crippen LogP contribution in [-0.4, -0.2) is 54.0 Å². The summed E-state index contributed by atoms with van der Waals surface area (Å²) in [5.74, 6) is 1.42. The van der Waals surface area contributed by atoms with Gasteiger partial charge in [0.1, 0.15) is 29.2 Å². The number of anilines is 1. The van der Waals surface area contributed by atoms with Crippen LogP contribution < -0.4 is 36.1 Å². The van der Waals surface area contributed by atoms with E-state index in [0.717, 1.165) is 92.1 Å². The molecule has 314 valence electrons. The first kappa shape index (κ1) is 41.1. The number of carbonyl (C=O) groups is 2. The molecule has 5 N–H and O–H groups in total. The Morgan fingerprint density at radius 1 is 0.803 bits per heavy atom. The molecular weight excluding hydrogens is 830 g/mol. The first-order valence-corrected chi connectivity index (χ1v) is 22.4. The summed E-state index contributed by atoms with van der Waals surface area (Å²) >= 11 is 16.0. The maximum absolute atomic E-state index is 11.8. The molecule has 61 heavy (non-hydrogen) atoms. The van der Waals surface area contributed by atoms with Crippen LogP contribution in [0.5, 0.6) is 11.5 Å². The fraction of sp³-hybridized carbons (Fsp3) is 0.319. The normalized spacial score (nSPS) is 18.3. The topological polar surface area (TPSA) is 139 Å². The van der Waals surface area contributed by atoms with Crippen molar-refractivity contribution >= 4 is 62.3 Å². The average Bonchev–Trinajstić information content (AvgIpc) is 4.08. The molecule has 2 fully saturated rings. The second-order valence-corrected chi connectivity index (χ2v) is 17.8. The molecule has 2 saturated heterocycles. The van der Waals surface area contributed by atoms with Crippen molar-refractivity contribution < 1.29 is 19.1 Å². The molecular formula is C47H47Cl2N7O4S. The molecule has 3 aliphatic rings. The van der Waals surface area contributed by atoms with Gasteiger partial charge in [0, 0.05) is 98.9 Å². The molecule has 3 atom stereocenters. The maximum atomic E-state index is 11.8. The quantitative estimate of drug-likeness (QED) is 0.0647. The number of halogens is 2. The lowest BCUT2D eigenvalue weighted by Gasteiger charge is -2.20. The second kappa shape index (κ2) is 18.4. The Labute approximate surface area is 369 Å². The third-order valence-electron chi connectivity index (χ3n) is 11.7. The smallest absolute Gasteiger partial charge is 0.220 e. The molecule has 2 aromatic heterocycles. The van der Waals surface area contributed by atoms with Crippen molar-refractivity contribution in [3.8, 4) is 33.8 Å². The van der Waals surface area contributed by atoms with Crippen LogP contribution in [0.15, 0.2) is 85.2 Å². The van der Waals surface area contributed by atoms with E-state index in [9.17, 15) is 9.59 Å². The number of benzene rings is 4. The number of hydrogen-bond acceptors (Lipinski definition) is 10. The fourth-order valence-corrected chi connectivity index (χ4v) is 10.0. The minimum atomic E-state index is -0.221. The number of pyridine rings is 1. The number of nitrogens with zero attached hydrogens (tertiary/aromatic N) is 2. The lowest BCUT2D eigenvalue weighted by atomic mass is 9.93. The Balaban J connectivity index is 0.928. The van der Waals surface area contributed by atoms with E-state index in [0.29, 0.717) is 60.6 Å². The third-order valence-corrected chi connectivity index (χ3v) is 13.4. The van der Waals surface area contributed by atoms with Gasteiger partial charge in [-0.25, -0.2) is 4.98 Å². The van der Waals surface area contributed by atoms with Crippen LogP contribution in [0.25, 0.3) is 32.5 Å². The van der Waals surface area contributed by atoms with Crippen molar-refractivity contribution in [3.63, 3.8) is 0 Å². The largest absolute Gasteiger partial charge is 0.488 e. The van der Waals surface area contributed by atoms with Crippen LogP contribution in [-0.2, 0) is 35.7 Å². The van der Waals surface area contributed by atoms with E-state index in [1.54, 1.807) is 23.7 Å². The summed E-state index contributed by atoms with van der Waals surface area (Å²) in [5, 5.41) is 18.3. The molecule has 0 radical (unpaired) electrons. The number of hydrogen-bond donors (Lipinski definition) is 5. The van der Waals surface area contributed by atoms with E-state index in [2.05, 4.69) is 86.2 Å². The molecule has 0 saturated carbocycles. The van der Waals surface area contributed by atoms with E-state index < -0.39 is 0 Å². The molecule has 4 aromatic carbocycles. The van der Waals surface area contributed by atoms with Gasteiger partial charge in [-0.15, -0.1) is 11.3 Å². The predicted octanol–water partition coefficient (Wildman–Crippen LogP) is 8.76. The van der Waals surface area contributed by atoms with Gasteiger partial charge in [0.15, 0.2) is 0 Å². The summed E-state index contributed by atoms with van der Waals surface area (Å²) < 4.78 is 14.3. The molecule has 4 heterocycles. The second-order valence-electron chi connectivity index (χ2n) is 15.9. The van der Waals surface area contributed by atoms with Crippen LogP contribution in [0.2, 0.25) is 10.0 Å². The number of aromatic nitrogens is 2. The highest BCUT2D eigenvalue weighted by molar-refractivity contribution is 7.18. The van der Waals surface area contributed by atoms with Gasteiger partial charge in [-0.2, -0.15) is 0 Å². The number of rotatable bonds is 16. The number of thiazole rings is 1. The van der Waals surface area contributed by atoms with Gasteiger partial charge in [-0.1, -0.05) is 65.7 Å². The van der Waals surface area contributed by atoms with Crippen molar-refractivity contribution in [1.29, 1.82) is 0 Å². The Hall–Kier alpha value is -5.24. The monoisotopic (exact) mass is 875 g/mol. The van der Waals surface area contributed by atoms with Crippen molar-refractivity contribution in [3.05, 3.63) is 122 Å². The number of ether oxygens (including phenoxy) is 2. The number of fused-ring (bicyclic) bond motifs is 2. The molecule has 2 amide bonds.